The Balaban J connectivity index is 2.44. The third-order valence-corrected chi connectivity index (χ3v) is 4.30. The molecule has 0 amide bonds. The van der Waals surface area contributed by atoms with Crippen molar-refractivity contribution in [3.63, 3.8) is 0 Å². The lowest BCUT2D eigenvalue weighted by Crippen LogP contribution is -1.95. The van der Waals surface area contributed by atoms with Crippen molar-refractivity contribution in [2.45, 2.75) is 4.90 Å². The normalized spacial score (nSPS) is 17.3. The molecule has 80 valence electrons. The van der Waals surface area contributed by atoms with E-state index in [-0.39, 0.29) is 4.90 Å². The summed E-state index contributed by atoms with van der Waals surface area (Å²) in [4.78, 5) is 0.281. The molecule has 0 radical (unpaired) electrons. The van der Waals surface area contributed by atoms with Crippen molar-refractivity contribution in [3.8, 4) is 0 Å². The minimum absolute atomic E-state index is 0.281. The van der Waals surface area contributed by atoms with Crippen LogP contribution < -0.4 is 0 Å². The number of fused-ring (bicyclic) bond motifs is 1. The molecule has 0 saturated heterocycles. The number of nitrogens with zero attached hydrogens (tertiary/aromatic N) is 1. The molecule has 15 heavy (non-hydrogen) atoms. The van der Waals surface area contributed by atoms with Gasteiger partial charge in [-0.1, -0.05) is 30.0 Å². The fourth-order valence-corrected chi connectivity index (χ4v) is 3.54. The Hall–Kier alpha value is -0.850. The molecule has 0 unspecified atom stereocenters. The van der Waals surface area contributed by atoms with E-state index in [1.165, 1.54) is 11.8 Å². The van der Waals surface area contributed by atoms with E-state index in [0.717, 1.165) is 0 Å². The van der Waals surface area contributed by atoms with Gasteiger partial charge >= 0.3 is 0 Å². The van der Waals surface area contributed by atoms with Gasteiger partial charge in [-0.05, 0) is 6.07 Å². The van der Waals surface area contributed by atoms with Crippen LogP contribution in [0.15, 0.2) is 33.6 Å². The summed E-state index contributed by atoms with van der Waals surface area (Å²) in [5.74, 6) is 0.392. The zero-order valence-electron chi connectivity index (χ0n) is 8.00. The molecule has 4 nitrogen and oxygen atoms in total. The summed E-state index contributed by atoms with van der Waals surface area (Å²) in [5.41, 5.74) is 0.666. The van der Waals surface area contributed by atoms with E-state index >= 15 is 0 Å². The van der Waals surface area contributed by atoms with Crippen LogP contribution in [0.25, 0.3) is 0 Å². The smallest absolute Gasteiger partial charge is 0.284 e. The van der Waals surface area contributed by atoms with Crippen LogP contribution in [0.2, 0.25) is 0 Å². The highest BCUT2D eigenvalue weighted by Gasteiger charge is 2.28. The second kappa shape index (κ2) is 3.96. The van der Waals surface area contributed by atoms with Gasteiger partial charge in [0.15, 0.2) is 0 Å². The number of benzene rings is 1. The number of rotatable bonds is 2. The molecule has 1 aromatic carbocycles. The van der Waals surface area contributed by atoms with Gasteiger partial charge in [-0.25, -0.2) is 0 Å². The Morgan fingerprint density at radius 2 is 2.13 bits per heavy atom. The van der Waals surface area contributed by atoms with Crippen LogP contribution in [0.5, 0.6) is 0 Å². The monoisotopic (exact) mass is 243 g/mol. The summed E-state index contributed by atoms with van der Waals surface area (Å²) in [6, 6.07) is 6.80. The van der Waals surface area contributed by atoms with Gasteiger partial charge < -0.3 is 4.74 Å². The molecule has 0 bridgehead atoms. The number of ether oxygens (including phenoxy) is 1. The van der Waals surface area contributed by atoms with Gasteiger partial charge in [0.25, 0.3) is 10.0 Å². The minimum Gasteiger partial charge on any atom is -0.374 e. The molecular formula is C9H9NO3S2. The highest BCUT2D eigenvalue weighted by atomic mass is 32.2. The average Bonchev–Trinajstić information content (AvgIpc) is 2.49. The third kappa shape index (κ3) is 1.92. The molecule has 0 aliphatic carbocycles. The lowest BCUT2D eigenvalue weighted by atomic mass is 10.2. The van der Waals surface area contributed by atoms with E-state index in [1.54, 1.807) is 31.4 Å². The van der Waals surface area contributed by atoms with Crippen LogP contribution in [0.1, 0.15) is 5.56 Å². The second-order valence-corrected chi connectivity index (χ2v) is 5.40. The maximum atomic E-state index is 11.6. The van der Waals surface area contributed by atoms with E-state index < -0.39 is 10.0 Å². The van der Waals surface area contributed by atoms with E-state index in [0.29, 0.717) is 16.5 Å². The first-order valence-electron chi connectivity index (χ1n) is 4.21. The first-order valence-corrected chi connectivity index (χ1v) is 6.64. The number of hydrogen-bond donors (Lipinski definition) is 0. The van der Waals surface area contributed by atoms with Crippen molar-refractivity contribution in [3.05, 3.63) is 29.8 Å². The number of methoxy groups -OCH3 is 1. The largest absolute Gasteiger partial charge is 0.374 e. The van der Waals surface area contributed by atoms with Crippen LogP contribution >= 0.6 is 11.8 Å². The van der Waals surface area contributed by atoms with Crippen LogP contribution in [-0.4, -0.2) is 26.5 Å². The predicted octanol–water partition coefficient (Wildman–Crippen LogP) is 1.47. The highest BCUT2D eigenvalue weighted by molar-refractivity contribution is 8.15. The molecule has 0 saturated carbocycles. The van der Waals surface area contributed by atoms with E-state index in [4.69, 9.17) is 4.74 Å². The Morgan fingerprint density at radius 3 is 2.87 bits per heavy atom. The van der Waals surface area contributed by atoms with Crippen molar-refractivity contribution < 1.29 is 13.2 Å². The Kier molecular flexibility index (Phi) is 2.81. The van der Waals surface area contributed by atoms with Crippen molar-refractivity contribution >= 4 is 26.8 Å². The molecule has 2 rings (SSSR count). The Bertz CT molecular complexity index is 508. The van der Waals surface area contributed by atoms with Crippen molar-refractivity contribution in [1.29, 1.82) is 0 Å². The predicted molar refractivity (Wildman–Crippen MR) is 59.6 cm³/mol. The van der Waals surface area contributed by atoms with E-state index in [2.05, 4.69) is 4.40 Å². The standard InChI is InChI=1S/C9H9NO3S2/c1-13-6-14-9-7-4-2-3-5-8(7)15(11,12)10-9/h2-5H,6H2,1H3. The first kappa shape index (κ1) is 10.7. The quantitative estimate of drug-likeness (QED) is 0.738. The first-order chi connectivity index (χ1) is 7.15. The van der Waals surface area contributed by atoms with Gasteiger partial charge in [0, 0.05) is 12.7 Å². The molecule has 0 spiro atoms. The molecule has 0 aromatic heterocycles. The molecular weight excluding hydrogens is 234 g/mol. The van der Waals surface area contributed by atoms with Crippen molar-refractivity contribution in [2.75, 3.05) is 13.0 Å². The van der Waals surface area contributed by atoms with Crippen molar-refractivity contribution in [1.82, 2.24) is 0 Å². The summed E-state index contributed by atoms with van der Waals surface area (Å²) in [7, 11) is -1.92. The number of sulfonamides is 1. The summed E-state index contributed by atoms with van der Waals surface area (Å²) in [5, 5.41) is 0.507. The topological polar surface area (TPSA) is 55.7 Å². The van der Waals surface area contributed by atoms with Gasteiger partial charge in [-0.2, -0.15) is 12.8 Å². The number of thioether (sulfide) groups is 1. The molecule has 0 atom stereocenters. The molecule has 0 N–H and O–H groups in total. The third-order valence-electron chi connectivity index (χ3n) is 1.91. The highest BCUT2D eigenvalue weighted by Crippen LogP contribution is 2.30. The van der Waals surface area contributed by atoms with Crippen LogP contribution in [0, 0.1) is 0 Å². The van der Waals surface area contributed by atoms with Gasteiger partial charge in [-0.15, -0.1) is 0 Å². The SMILES string of the molecule is COCSC1=NS(=O)(=O)c2ccccc21. The second-order valence-electron chi connectivity index (χ2n) is 2.92. The molecule has 1 heterocycles. The summed E-state index contributed by atoms with van der Waals surface area (Å²) in [6.07, 6.45) is 0. The van der Waals surface area contributed by atoms with Crippen LogP contribution in [0.3, 0.4) is 0 Å². The Labute approximate surface area is 92.4 Å². The fraction of sp³-hybridized carbons (Fsp3) is 0.222. The lowest BCUT2D eigenvalue weighted by molar-refractivity contribution is 0.259. The molecule has 1 aliphatic heterocycles. The molecule has 6 heteroatoms. The summed E-state index contributed by atoms with van der Waals surface area (Å²) in [6.45, 7) is 0. The molecule has 0 fully saturated rings. The van der Waals surface area contributed by atoms with Gasteiger partial charge in [0.2, 0.25) is 0 Å². The Morgan fingerprint density at radius 1 is 1.40 bits per heavy atom. The average molecular weight is 243 g/mol. The maximum Gasteiger partial charge on any atom is 0.284 e. The van der Waals surface area contributed by atoms with Crippen molar-refractivity contribution in [2.24, 2.45) is 4.40 Å². The number of hydrogen-bond acceptors (Lipinski definition) is 4. The minimum atomic E-state index is -3.47. The zero-order valence-corrected chi connectivity index (χ0v) is 9.64. The molecule has 1 aromatic rings. The van der Waals surface area contributed by atoms with Crippen LogP contribution in [-0.2, 0) is 14.8 Å². The van der Waals surface area contributed by atoms with Gasteiger partial charge in [-0.3, -0.25) is 0 Å². The van der Waals surface area contributed by atoms with E-state index in [9.17, 15) is 8.42 Å². The maximum absolute atomic E-state index is 11.6. The molecule has 1 aliphatic rings. The summed E-state index contributed by atoms with van der Waals surface area (Å²) < 4.78 is 31.7. The van der Waals surface area contributed by atoms with Gasteiger partial charge in [0.05, 0.1) is 10.8 Å². The zero-order chi connectivity index (χ0) is 10.9. The van der Waals surface area contributed by atoms with Gasteiger partial charge in [0.1, 0.15) is 5.04 Å². The fourth-order valence-electron chi connectivity index (χ4n) is 1.29. The lowest BCUT2D eigenvalue weighted by Gasteiger charge is -1.99. The summed E-state index contributed by atoms with van der Waals surface area (Å²) >= 11 is 1.28. The van der Waals surface area contributed by atoms with E-state index in [1.807, 2.05) is 0 Å². The van der Waals surface area contributed by atoms with Crippen LogP contribution in [0.4, 0.5) is 0 Å².